The number of amides is 4. The molecule has 0 aromatic carbocycles. The summed E-state index contributed by atoms with van der Waals surface area (Å²) in [6.07, 6.45) is 2.48. The van der Waals surface area contributed by atoms with E-state index in [0.29, 0.717) is 13.1 Å². The number of carbonyl (C=O) groups is 3. The van der Waals surface area contributed by atoms with Crippen LogP contribution in [0.2, 0.25) is 0 Å². The van der Waals surface area contributed by atoms with Gasteiger partial charge in [-0.25, -0.2) is 9.59 Å². The minimum Gasteiger partial charge on any atom is -0.444 e. The van der Waals surface area contributed by atoms with Crippen molar-refractivity contribution in [2.75, 3.05) is 26.2 Å². The van der Waals surface area contributed by atoms with Crippen LogP contribution in [0.25, 0.3) is 0 Å². The number of ether oxygens (including phenoxy) is 1. The lowest BCUT2D eigenvalue weighted by molar-refractivity contribution is -0.122. The van der Waals surface area contributed by atoms with Gasteiger partial charge < -0.3 is 15.4 Å². The molecule has 138 valence electrons. The van der Waals surface area contributed by atoms with E-state index in [4.69, 9.17) is 4.74 Å². The molecular weight excluding hydrogens is 312 g/mol. The minimum absolute atomic E-state index is 0.0613. The first kappa shape index (κ1) is 20.2. The zero-order valence-electron chi connectivity index (χ0n) is 15.1. The highest BCUT2D eigenvalue weighted by atomic mass is 16.6. The van der Waals surface area contributed by atoms with Crippen molar-refractivity contribution in [2.24, 2.45) is 0 Å². The average Bonchev–Trinajstić information content (AvgIpc) is 2.44. The quantitative estimate of drug-likeness (QED) is 0.697. The highest BCUT2D eigenvalue weighted by Crippen LogP contribution is 2.16. The molecule has 1 aliphatic heterocycles. The molecule has 1 unspecified atom stereocenters. The fraction of sp³-hybridized carbons (Fsp3) is 0.812. The molecule has 0 saturated carbocycles. The van der Waals surface area contributed by atoms with Gasteiger partial charge in [0, 0.05) is 19.1 Å². The van der Waals surface area contributed by atoms with Crippen molar-refractivity contribution in [1.29, 1.82) is 0 Å². The van der Waals surface area contributed by atoms with Gasteiger partial charge in [-0.15, -0.1) is 0 Å². The molecule has 1 heterocycles. The summed E-state index contributed by atoms with van der Waals surface area (Å²) < 4.78 is 5.22. The number of nitrogens with one attached hydrogen (secondary N) is 3. The average molecular weight is 342 g/mol. The summed E-state index contributed by atoms with van der Waals surface area (Å²) in [6.45, 7) is 9.00. The summed E-state index contributed by atoms with van der Waals surface area (Å²) in [4.78, 5) is 37.1. The number of piperidine rings is 1. The van der Waals surface area contributed by atoms with Crippen LogP contribution >= 0.6 is 0 Å². The Morgan fingerprint density at radius 3 is 2.50 bits per heavy atom. The molecule has 1 saturated heterocycles. The molecule has 3 N–H and O–H groups in total. The zero-order valence-corrected chi connectivity index (χ0v) is 15.1. The number of hydrogen-bond acceptors (Lipinski definition) is 5. The monoisotopic (exact) mass is 342 g/mol. The Morgan fingerprint density at radius 1 is 1.17 bits per heavy atom. The van der Waals surface area contributed by atoms with Crippen molar-refractivity contribution in [1.82, 2.24) is 20.9 Å². The number of likely N-dealkylation sites (tertiary alicyclic amines) is 1. The fourth-order valence-corrected chi connectivity index (χ4v) is 2.57. The number of hydrogen-bond donors (Lipinski definition) is 3. The van der Waals surface area contributed by atoms with Crippen LogP contribution in [-0.2, 0) is 9.53 Å². The highest BCUT2D eigenvalue weighted by Gasteiger charge is 2.26. The van der Waals surface area contributed by atoms with Crippen LogP contribution in [0.3, 0.4) is 0 Å². The second-order valence-corrected chi connectivity index (χ2v) is 6.91. The summed E-state index contributed by atoms with van der Waals surface area (Å²) >= 11 is 0. The Labute approximate surface area is 143 Å². The van der Waals surface area contributed by atoms with E-state index in [1.54, 1.807) is 6.92 Å². The molecule has 1 fully saturated rings. The molecule has 1 rings (SSSR count). The largest absolute Gasteiger partial charge is 0.444 e. The van der Waals surface area contributed by atoms with E-state index >= 15 is 0 Å². The van der Waals surface area contributed by atoms with Gasteiger partial charge in [0.2, 0.25) is 5.91 Å². The molecule has 24 heavy (non-hydrogen) atoms. The van der Waals surface area contributed by atoms with Crippen LogP contribution in [-0.4, -0.2) is 60.8 Å². The predicted octanol–water partition coefficient (Wildman–Crippen LogP) is 1.21. The highest BCUT2D eigenvalue weighted by molar-refractivity contribution is 5.95. The van der Waals surface area contributed by atoms with E-state index in [1.165, 1.54) is 0 Å². The normalized spacial score (nSPS) is 18.6. The summed E-state index contributed by atoms with van der Waals surface area (Å²) in [5, 5.41) is 7.59. The first-order chi connectivity index (χ1) is 11.2. The van der Waals surface area contributed by atoms with Gasteiger partial charge in [0.05, 0.1) is 6.54 Å². The molecule has 1 atom stereocenters. The number of carbonyl (C=O) groups excluding carboxylic acids is 3. The number of nitrogens with zero attached hydrogens (tertiary/aromatic N) is 1. The van der Waals surface area contributed by atoms with E-state index in [1.807, 2.05) is 25.7 Å². The first-order valence-corrected chi connectivity index (χ1v) is 8.50. The van der Waals surface area contributed by atoms with Gasteiger partial charge in [-0.1, -0.05) is 6.42 Å². The lowest BCUT2D eigenvalue weighted by atomic mass is 10.0. The van der Waals surface area contributed by atoms with Gasteiger partial charge in [-0.2, -0.15) is 0 Å². The maximum absolute atomic E-state index is 11.9. The van der Waals surface area contributed by atoms with Crippen molar-refractivity contribution >= 4 is 18.0 Å². The molecule has 0 aromatic heterocycles. The Balaban J connectivity index is 2.45. The third-order valence-electron chi connectivity index (χ3n) is 3.57. The summed E-state index contributed by atoms with van der Waals surface area (Å²) in [5.74, 6) is -0.342. The van der Waals surface area contributed by atoms with E-state index in [2.05, 4.69) is 16.0 Å². The van der Waals surface area contributed by atoms with Gasteiger partial charge in [0.25, 0.3) is 0 Å². The lowest BCUT2D eigenvalue weighted by Gasteiger charge is -2.35. The van der Waals surface area contributed by atoms with Crippen LogP contribution in [0.1, 0.15) is 47.0 Å². The second-order valence-electron chi connectivity index (χ2n) is 6.91. The molecule has 0 radical (unpaired) electrons. The van der Waals surface area contributed by atoms with Gasteiger partial charge in [0.1, 0.15) is 5.60 Å². The Bertz CT molecular complexity index is 448. The van der Waals surface area contributed by atoms with Crippen molar-refractivity contribution in [2.45, 2.75) is 58.6 Å². The van der Waals surface area contributed by atoms with Crippen molar-refractivity contribution in [3.05, 3.63) is 0 Å². The van der Waals surface area contributed by atoms with Crippen LogP contribution in [0.5, 0.6) is 0 Å². The zero-order chi connectivity index (χ0) is 18.2. The molecule has 0 aliphatic carbocycles. The van der Waals surface area contributed by atoms with Crippen molar-refractivity contribution < 1.29 is 19.1 Å². The fourth-order valence-electron chi connectivity index (χ4n) is 2.57. The van der Waals surface area contributed by atoms with Crippen LogP contribution in [0.15, 0.2) is 0 Å². The molecule has 8 heteroatoms. The SMILES string of the molecule is CCNC(=O)NC(=O)CN1CCCCC1CNC(=O)OC(C)(C)C. The number of rotatable bonds is 5. The third kappa shape index (κ3) is 8.14. The summed E-state index contributed by atoms with van der Waals surface area (Å²) in [6, 6.07) is -0.422. The summed E-state index contributed by atoms with van der Waals surface area (Å²) in [5.41, 5.74) is -0.539. The van der Waals surface area contributed by atoms with Gasteiger partial charge in [-0.05, 0) is 47.1 Å². The van der Waals surface area contributed by atoms with Gasteiger partial charge in [0.15, 0.2) is 0 Å². The number of urea groups is 1. The first-order valence-electron chi connectivity index (χ1n) is 8.50. The maximum Gasteiger partial charge on any atom is 0.407 e. The van der Waals surface area contributed by atoms with Crippen LogP contribution in [0.4, 0.5) is 9.59 Å². The van der Waals surface area contributed by atoms with E-state index in [9.17, 15) is 14.4 Å². The Morgan fingerprint density at radius 2 is 1.88 bits per heavy atom. The summed E-state index contributed by atoms with van der Waals surface area (Å²) in [7, 11) is 0. The van der Waals surface area contributed by atoms with Gasteiger partial charge in [-0.3, -0.25) is 15.0 Å². The van der Waals surface area contributed by atoms with Crippen molar-refractivity contribution in [3.8, 4) is 0 Å². The van der Waals surface area contributed by atoms with E-state index < -0.39 is 17.7 Å². The molecule has 4 amide bonds. The Hall–Kier alpha value is -1.83. The minimum atomic E-state index is -0.539. The lowest BCUT2D eigenvalue weighted by Crippen LogP contribution is -2.52. The molecule has 0 aromatic rings. The molecular formula is C16H30N4O4. The molecule has 0 bridgehead atoms. The smallest absolute Gasteiger partial charge is 0.407 e. The third-order valence-corrected chi connectivity index (χ3v) is 3.57. The van der Waals surface area contributed by atoms with Crippen LogP contribution in [0, 0.1) is 0 Å². The van der Waals surface area contributed by atoms with E-state index in [-0.39, 0.29) is 18.5 Å². The Kier molecular flexibility index (Phi) is 7.97. The maximum atomic E-state index is 11.9. The van der Waals surface area contributed by atoms with Crippen molar-refractivity contribution in [3.63, 3.8) is 0 Å². The number of imide groups is 1. The van der Waals surface area contributed by atoms with Crippen LogP contribution < -0.4 is 16.0 Å². The molecule has 1 aliphatic rings. The van der Waals surface area contributed by atoms with E-state index in [0.717, 1.165) is 25.8 Å². The standard InChI is InChI=1S/C16H30N4O4/c1-5-17-14(22)19-13(21)11-20-9-7-6-8-12(20)10-18-15(23)24-16(2,3)4/h12H,5-11H2,1-4H3,(H,18,23)(H2,17,19,21,22). The number of alkyl carbamates (subject to hydrolysis) is 1. The van der Waals surface area contributed by atoms with Gasteiger partial charge >= 0.3 is 12.1 Å². The second kappa shape index (κ2) is 9.46. The topological polar surface area (TPSA) is 99.8 Å². The predicted molar refractivity (Wildman–Crippen MR) is 90.7 cm³/mol. The molecule has 8 nitrogen and oxygen atoms in total. The molecule has 0 spiro atoms.